The predicted molar refractivity (Wildman–Crippen MR) is 76.5 cm³/mol. The minimum atomic E-state index is -1.93. The summed E-state index contributed by atoms with van der Waals surface area (Å²) in [5.41, 5.74) is 1.17. The Morgan fingerprint density at radius 2 is 1.94 bits per heavy atom. The van der Waals surface area contributed by atoms with Gasteiger partial charge in [0.25, 0.3) is 0 Å². The lowest BCUT2D eigenvalue weighted by Gasteiger charge is -2.33. The highest BCUT2D eigenvalue weighted by atomic mass is 28.3. The molecule has 0 heterocycles. The van der Waals surface area contributed by atoms with Crippen molar-refractivity contribution in [1.82, 2.24) is 0 Å². The maximum Gasteiger partial charge on any atom is 0.181 e. The van der Waals surface area contributed by atoms with E-state index in [1.54, 1.807) is 0 Å². The lowest BCUT2D eigenvalue weighted by molar-refractivity contribution is -0.108. The van der Waals surface area contributed by atoms with Gasteiger partial charge in [0, 0.05) is 0 Å². The van der Waals surface area contributed by atoms with Crippen molar-refractivity contribution in [3.05, 3.63) is 11.6 Å². The van der Waals surface area contributed by atoms with Gasteiger partial charge in [-0.25, -0.2) is 0 Å². The molecule has 0 fully saturated rings. The summed E-state index contributed by atoms with van der Waals surface area (Å²) in [4.78, 5) is 12.2. The van der Waals surface area contributed by atoms with Crippen LogP contribution in [-0.2, 0) is 4.79 Å². The first-order valence-corrected chi connectivity index (χ1v) is 9.50. The van der Waals surface area contributed by atoms with Gasteiger partial charge >= 0.3 is 0 Å². The minimum Gasteiger partial charge on any atom is -0.291 e. The molecule has 0 amide bonds. The Labute approximate surface area is 107 Å². The summed E-state index contributed by atoms with van der Waals surface area (Å²) in [5.74, 6) is 6.00. The van der Waals surface area contributed by atoms with Crippen molar-refractivity contribution in [2.75, 3.05) is 0 Å². The second-order valence-corrected chi connectivity index (χ2v) is 11.6. The summed E-state index contributed by atoms with van der Waals surface area (Å²) >= 11 is 0. The fourth-order valence-corrected chi connectivity index (χ4v) is 2.64. The molecule has 94 valence electrons. The SMILES string of the molecule is CC(C)(C)[Si](C)(C)C(=O)C#CC1=CCCCC1. The Morgan fingerprint density at radius 1 is 1.29 bits per heavy atom. The lowest BCUT2D eigenvalue weighted by atomic mass is 10.0. The lowest BCUT2D eigenvalue weighted by Crippen LogP contribution is -2.45. The number of hydrogen-bond donors (Lipinski definition) is 0. The van der Waals surface area contributed by atoms with Gasteiger partial charge in [0.2, 0.25) is 0 Å². The molecule has 0 atom stereocenters. The Kier molecular flexibility index (Phi) is 4.38. The molecule has 1 rings (SSSR count). The van der Waals surface area contributed by atoms with E-state index in [0.29, 0.717) is 0 Å². The molecule has 0 N–H and O–H groups in total. The number of carbonyl (C=O) groups excluding carboxylic acids is 1. The highest BCUT2D eigenvalue weighted by Gasteiger charge is 2.41. The molecule has 0 aliphatic heterocycles. The van der Waals surface area contributed by atoms with Crippen molar-refractivity contribution in [3.63, 3.8) is 0 Å². The number of hydrogen-bond acceptors (Lipinski definition) is 1. The standard InChI is InChI=1S/C15H24OSi/c1-15(2,3)17(4,5)14(16)12-11-13-9-7-6-8-10-13/h9H,6-8,10H2,1-5H3. The molecule has 0 saturated heterocycles. The van der Waals surface area contributed by atoms with Gasteiger partial charge in [0.1, 0.15) is 8.07 Å². The molecular weight excluding hydrogens is 224 g/mol. The first-order valence-electron chi connectivity index (χ1n) is 6.50. The van der Waals surface area contributed by atoms with Gasteiger partial charge < -0.3 is 0 Å². The fraction of sp³-hybridized carbons (Fsp3) is 0.667. The van der Waals surface area contributed by atoms with Gasteiger partial charge in [0.15, 0.2) is 5.41 Å². The van der Waals surface area contributed by atoms with Gasteiger partial charge in [-0.1, -0.05) is 45.9 Å². The zero-order valence-electron chi connectivity index (χ0n) is 11.8. The van der Waals surface area contributed by atoms with Gasteiger partial charge in [-0.2, -0.15) is 0 Å². The highest BCUT2D eigenvalue weighted by Crippen LogP contribution is 2.36. The van der Waals surface area contributed by atoms with Gasteiger partial charge in [-0.05, 0) is 42.2 Å². The molecule has 0 spiro atoms. The van der Waals surface area contributed by atoms with Crippen LogP contribution in [0, 0.1) is 11.8 Å². The largest absolute Gasteiger partial charge is 0.291 e. The molecule has 0 unspecified atom stereocenters. The van der Waals surface area contributed by atoms with Gasteiger partial charge in [-0.3, -0.25) is 4.79 Å². The number of rotatable bonds is 1. The van der Waals surface area contributed by atoms with Crippen molar-refractivity contribution in [2.45, 2.75) is 64.6 Å². The number of allylic oxidation sites excluding steroid dienone is 2. The number of carbonyl (C=O) groups is 1. The maximum absolute atomic E-state index is 12.2. The summed E-state index contributed by atoms with van der Waals surface area (Å²) in [6.07, 6.45) is 6.85. The molecule has 0 bridgehead atoms. The summed E-state index contributed by atoms with van der Waals surface area (Å²) in [6, 6.07) is 0. The highest BCUT2D eigenvalue weighted by molar-refractivity contribution is 7.08. The van der Waals surface area contributed by atoms with Crippen LogP contribution in [0.3, 0.4) is 0 Å². The summed E-state index contributed by atoms with van der Waals surface area (Å²) < 4.78 is 0. The molecule has 0 radical (unpaired) electrons. The molecular formula is C15H24OSi. The zero-order valence-corrected chi connectivity index (χ0v) is 12.8. The van der Waals surface area contributed by atoms with E-state index in [0.717, 1.165) is 12.8 Å². The Hall–Kier alpha value is -0.813. The van der Waals surface area contributed by atoms with Crippen LogP contribution in [0.5, 0.6) is 0 Å². The third-order valence-corrected chi connectivity index (χ3v) is 9.08. The van der Waals surface area contributed by atoms with E-state index in [-0.39, 0.29) is 10.4 Å². The predicted octanol–water partition coefficient (Wildman–Crippen LogP) is 4.11. The average Bonchev–Trinajstić information content (AvgIpc) is 2.25. The summed E-state index contributed by atoms with van der Waals surface area (Å²) in [7, 11) is -1.93. The normalized spacial score (nSPS) is 16.9. The van der Waals surface area contributed by atoms with Crippen LogP contribution in [0.15, 0.2) is 11.6 Å². The molecule has 17 heavy (non-hydrogen) atoms. The topological polar surface area (TPSA) is 17.1 Å². The van der Waals surface area contributed by atoms with Crippen LogP contribution >= 0.6 is 0 Å². The Balaban J connectivity index is 2.79. The first-order chi connectivity index (χ1) is 7.75. The van der Waals surface area contributed by atoms with Crippen LogP contribution in [0.1, 0.15) is 46.5 Å². The van der Waals surface area contributed by atoms with Crippen molar-refractivity contribution in [3.8, 4) is 11.8 Å². The fourth-order valence-electron chi connectivity index (χ4n) is 1.59. The second-order valence-electron chi connectivity index (χ2n) is 6.43. The average molecular weight is 248 g/mol. The maximum atomic E-state index is 12.2. The minimum absolute atomic E-state index is 0.0830. The molecule has 0 aromatic heterocycles. The van der Waals surface area contributed by atoms with E-state index < -0.39 is 8.07 Å². The smallest absolute Gasteiger partial charge is 0.181 e. The van der Waals surface area contributed by atoms with Crippen LogP contribution in [-0.4, -0.2) is 13.5 Å². The molecule has 0 aromatic carbocycles. The van der Waals surface area contributed by atoms with Crippen LogP contribution in [0.4, 0.5) is 0 Å². The van der Waals surface area contributed by atoms with Crippen LogP contribution in [0.25, 0.3) is 0 Å². The molecule has 1 aliphatic rings. The van der Waals surface area contributed by atoms with E-state index in [9.17, 15) is 4.79 Å². The molecule has 0 aromatic rings. The Morgan fingerprint density at radius 3 is 2.41 bits per heavy atom. The van der Waals surface area contributed by atoms with E-state index in [1.807, 2.05) is 0 Å². The summed E-state index contributed by atoms with van der Waals surface area (Å²) in [6.45, 7) is 10.7. The molecule has 2 heteroatoms. The quantitative estimate of drug-likeness (QED) is 0.504. The molecule has 1 aliphatic carbocycles. The Bertz CT molecular complexity index is 385. The monoisotopic (exact) mass is 248 g/mol. The summed E-state index contributed by atoms with van der Waals surface area (Å²) in [5, 5.41) is 0.274. The van der Waals surface area contributed by atoms with Crippen molar-refractivity contribution >= 4 is 13.5 Å². The van der Waals surface area contributed by atoms with Crippen molar-refractivity contribution in [1.29, 1.82) is 0 Å². The first kappa shape index (κ1) is 14.2. The zero-order chi connectivity index (χ0) is 13.1. The van der Waals surface area contributed by atoms with E-state index in [4.69, 9.17) is 0 Å². The third kappa shape index (κ3) is 3.57. The van der Waals surface area contributed by atoms with Crippen LogP contribution in [0.2, 0.25) is 18.1 Å². The van der Waals surface area contributed by atoms with Gasteiger partial charge in [-0.15, -0.1) is 0 Å². The third-order valence-electron chi connectivity index (χ3n) is 4.07. The van der Waals surface area contributed by atoms with E-state index in [2.05, 4.69) is 51.8 Å². The van der Waals surface area contributed by atoms with E-state index >= 15 is 0 Å². The van der Waals surface area contributed by atoms with Crippen molar-refractivity contribution in [2.24, 2.45) is 0 Å². The van der Waals surface area contributed by atoms with Crippen molar-refractivity contribution < 1.29 is 4.79 Å². The molecule has 1 nitrogen and oxygen atoms in total. The molecule has 0 saturated carbocycles. The van der Waals surface area contributed by atoms with Gasteiger partial charge in [0.05, 0.1) is 0 Å². The van der Waals surface area contributed by atoms with E-state index in [1.165, 1.54) is 18.4 Å². The van der Waals surface area contributed by atoms with Crippen LogP contribution < -0.4 is 0 Å². The second kappa shape index (κ2) is 5.22.